The van der Waals surface area contributed by atoms with E-state index in [-0.39, 0.29) is 17.5 Å². The predicted octanol–water partition coefficient (Wildman–Crippen LogP) is 4.72. The number of benzene rings is 2. The maximum Gasteiger partial charge on any atom is 0.323 e. The molecule has 1 saturated heterocycles. The Morgan fingerprint density at radius 2 is 1.82 bits per heavy atom. The number of halogens is 4. The Labute approximate surface area is 213 Å². The quantitative estimate of drug-likeness (QED) is 0.198. The summed E-state index contributed by atoms with van der Waals surface area (Å²) in [5.41, 5.74) is -1.21. The first-order valence-electron chi connectivity index (χ1n) is 11.4. The number of amides is 2. The number of hydrogen-bond acceptors (Lipinski definition) is 6. The van der Waals surface area contributed by atoms with E-state index < -0.39 is 46.3 Å². The third kappa shape index (κ3) is 5.17. The van der Waals surface area contributed by atoms with Gasteiger partial charge in [-0.25, -0.2) is 22.4 Å². The van der Waals surface area contributed by atoms with E-state index in [1.165, 1.54) is 24.4 Å². The lowest BCUT2D eigenvalue weighted by Crippen LogP contribution is -2.33. The molecule has 1 atom stereocenters. The SMILES string of the molecule is O=C(Nc1cccc(F)c1)Nc1cc(F)c(F)c(C(=O)c2cc3cc(C4CNCCO4)cnc3cn2)c1F. The lowest BCUT2D eigenvalue weighted by molar-refractivity contribution is 0.0276. The molecular weight excluding hydrogens is 506 g/mol. The molecular formula is C26H19F4N5O3. The summed E-state index contributed by atoms with van der Waals surface area (Å²) >= 11 is 0. The van der Waals surface area contributed by atoms with Crippen molar-refractivity contribution in [2.45, 2.75) is 6.10 Å². The normalized spacial score (nSPS) is 15.3. The van der Waals surface area contributed by atoms with Gasteiger partial charge in [-0.3, -0.25) is 14.8 Å². The van der Waals surface area contributed by atoms with Gasteiger partial charge in [0, 0.05) is 42.0 Å². The van der Waals surface area contributed by atoms with E-state index in [0.29, 0.717) is 36.7 Å². The summed E-state index contributed by atoms with van der Waals surface area (Å²) in [4.78, 5) is 33.6. The van der Waals surface area contributed by atoms with Gasteiger partial charge in [0.1, 0.15) is 17.1 Å². The summed E-state index contributed by atoms with van der Waals surface area (Å²) in [6, 6.07) is 7.18. The minimum atomic E-state index is -1.74. The zero-order valence-corrected chi connectivity index (χ0v) is 19.5. The van der Waals surface area contributed by atoms with Gasteiger partial charge in [0.15, 0.2) is 17.5 Å². The molecule has 4 aromatic rings. The second kappa shape index (κ2) is 10.5. The van der Waals surface area contributed by atoms with Gasteiger partial charge < -0.3 is 20.7 Å². The molecule has 2 amide bonds. The molecule has 1 aliphatic rings. The van der Waals surface area contributed by atoms with Crippen molar-refractivity contribution in [2.24, 2.45) is 0 Å². The van der Waals surface area contributed by atoms with Gasteiger partial charge in [-0.2, -0.15) is 0 Å². The summed E-state index contributed by atoms with van der Waals surface area (Å²) in [7, 11) is 0. The molecule has 1 fully saturated rings. The second-order valence-electron chi connectivity index (χ2n) is 8.42. The first kappa shape index (κ1) is 25.2. The number of ether oxygens (including phenoxy) is 1. The molecule has 8 nitrogen and oxygen atoms in total. The number of pyridine rings is 2. The molecule has 5 rings (SSSR count). The molecule has 12 heteroatoms. The molecule has 2 aromatic carbocycles. The number of urea groups is 1. The van der Waals surface area contributed by atoms with Crippen LogP contribution in [0.25, 0.3) is 10.9 Å². The summed E-state index contributed by atoms with van der Waals surface area (Å²) in [6.45, 7) is 1.79. The largest absolute Gasteiger partial charge is 0.371 e. The van der Waals surface area contributed by atoms with Crippen molar-refractivity contribution in [1.82, 2.24) is 15.3 Å². The van der Waals surface area contributed by atoms with Crippen LogP contribution in [0.1, 0.15) is 27.7 Å². The van der Waals surface area contributed by atoms with Crippen LogP contribution >= 0.6 is 0 Å². The minimum Gasteiger partial charge on any atom is -0.371 e. The first-order chi connectivity index (χ1) is 18.3. The fourth-order valence-corrected chi connectivity index (χ4v) is 4.00. The summed E-state index contributed by atoms with van der Waals surface area (Å²) in [5.74, 6) is -6.68. The average Bonchev–Trinajstić information content (AvgIpc) is 2.91. The number of hydrogen-bond donors (Lipinski definition) is 3. The predicted molar refractivity (Wildman–Crippen MR) is 130 cm³/mol. The molecule has 38 heavy (non-hydrogen) atoms. The van der Waals surface area contributed by atoms with Crippen LogP contribution in [-0.4, -0.2) is 41.5 Å². The van der Waals surface area contributed by atoms with E-state index in [4.69, 9.17) is 4.74 Å². The standard InChI is InChI=1S/C26H19F4N5O3/c27-15-2-1-3-16(8-15)34-26(37)35-18-9-17(28)23(29)22(24(18)30)25(36)19-7-13-6-14(10-32-20(13)11-33-19)21-12-31-4-5-38-21/h1-3,6-11,21,31H,4-5,12H2,(H2,34,35,37). The first-order valence-corrected chi connectivity index (χ1v) is 11.4. The number of ketones is 1. The monoisotopic (exact) mass is 525 g/mol. The summed E-state index contributed by atoms with van der Waals surface area (Å²) in [6.07, 6.45) is 2.60. The molecule has 0 spiro atoms. The average molecular weight is 525 g/mol. The smallest absolute Gasteiger partial charge is 0.323 e. The number of carbonyl (C=O) groups excluding carboxylic acids is 2. The van der Waals surface area contributed by atoms with Crippen LogP contribution in [-0.2, 0) is 4.74 Å². The van der Waals surface area contributed by atoms with Crippen LogP contribution in [0.5, 0.6) is 0 Å². The lowest BCUT2D eigenvalue weighted by Gasteiger charge is -2.23. The highest BCUT2D eigenvalue weighted by Crippen LogP contribution is 2.28. The highest BCUT2D eigenvalue weighted by molar-refractivity contribution is 6.10. The van der Waals surface area contributed by atoms with Crippen LogP contribution < -0.4 is 16.0 Å². The van der Waals surface area contributed by atoms with Crippen LogP contribution in [0.3, 0.4) is 0 Å². The Kier molecular flexibility index (Phi) is 6.99. The molecule has 1 aliphatic heterocycles. The van der Waals surface area contributed by atoms with Crippen molar-refractivity contribution in [3.8, 4) is 0 Å². The summed E-state index contributed by atoms with van der Waals surface area (Å²) in [5, 5.41) is 7.90. The Balaban J connectivity index is 1.44. The van der Waals surface area contributed by atoms with Gasteiger partial charge >= 0.3 is 6.03 Å². The summed E-state index contributed by atoms with van der Waals surface area (Å²) < 4.78 is 63.3. The third-order valence-electron chi connectivity index (χ3n) is 5.83. The van der Waals surface area contributed by atoms with Crippen LogP contribution in [0.2, 0.25) is 0 Å². The van der Waals surface area contributed by atoms with Crippen LogP contribution in [0.15, 0.2) is 54.9 Å². The number of morpholine rings is 1. The number of aromatic nitrogens is 2. The van der Waals surface area contributed by atoms with E-state index in [0.717, 1.165) is 17.7 Å². The van der Waals surface area contributed by atoms with E-state index in [2.05, 4.69) is 20.6 Å². The number of carbonyl (C=O) groups is 2. The molecule has 2 aromatic heterocycles. The molecule has 0 saturated carbocycles. The highest BCUT2D eigenvalue weighted by atomic mass is 19.2. The van der Waals surface area contributed by atoms with Crippen molar-refractivity contribution in [1.29, 1.82) is 0 Å². The highest BCUT2D eigenvalue weighted by Gasteiger charge is 2.27. The van der Waals surface area contributed by atoms with E-state index in [9.17, 15) is 22.8 Å². The van der Waals surface area contributed by atoms with Gasteiger partial charge in [0.05, 0.1) is 30.1 Å². The third-order valence-corrected chi connectivity index (χ3v) is 5.83. The minimum absolute atomic E-state index is 0.0320. The Bertz CT molecular complexity index is 1560. The van der Waals surface area contributed by atoms with Crippen molar-refractivity contribution < 1.29 is 31.9 Å². The molecule has 3 N–H and O–H groups in total. The van der Waals surface area contributed by atoms with Crippen molar-refractivity contribution >= 4 is 34.1 Å². The zero-order chi connectivity index (χ0) is 26.8. The van der Waals surface area contributed by atoms with Crippen molar-refractivity contribution in [3.63, 3.8) is 0 Å². The number of nitrogens with zero attached hydrogens (tertiary/aromatic N) is 2. The maximum atomic E-state index is 15.2. The zero-order valence-electron chi connectivity index (χ0n) is 19.5. The fraction of sp³-hybridized carbons (Fsp3) is 0.154. The van der Waals surface area contributed by atoms with Crippen molar-refractivity contribution in [2.75, 3.05) is 30.3 Å². The molecule has 1 unspecified atom stereocenters. The lowest BCUT2D eigenvalue weighted by atomic mass is 10.0. The molecule has 194 valence electrons. The topological polar surface area (TPSA) is 105 Å². The Morgan fingerprint density at radius 1 is 0.974 bits per heavy atom. The Morgan fingerprint density at radius 3 is 2.58 bits per heavy atom. The number of nitrogens with one attached hydrogen (secondary N) is 3. The van der Waals surface area contributed by atoms with Gasteiger partial charge in [0.25, 0.3) is 0 Å². The Hall–Kier alpha value is -4.42. The van der Waals surface area contributed by atoms with Crippen LogP contribution in [0, 0.1) is 23.3 Å². The molecule has 0 radical (unpaired) electrons. The maximum absolute atomic E-state index is 15.2. The number of fused-ring (bicyclic) bond motifs is 1. The van der Waals surface area contributed by atoms with E-state index in [1.54, 1.807) is 12.3 Å². The van der Waals surface area contributed by atoms with E-state index >= 15 is 4.39 Å². The van der Waals surface area contributed by atoms with Gasteiger partial charge in [-0.05, 0) is 30.3 Å². The molecule has 0 bridgehead atoms. The van der Waals surface area contributed by atoms with Crippen molar-refractivity contribution in [3.05, 3.63) is 94.9 Å². The van der Waals surface area contributed by atoms with Gasteiger partial charge in [-0.15, -0.1) is 0 Å². The second-order valence-corrected chi connectivity index (χ2v) is 8.42. The number of rotatable bonds is 5. The van der Waals surface area contributed by atoms with E-state index in [1.807, 2.05) is 5.32 Å². The molecule has 3 heterocycles. The molecule has 0 aliphatic carbocycles. The van der Waals surface area contributed by atoms with Gasteiger partial charge in [-0.1, -0.05) is 6.07 Å². The number of anilines is 2. The fourth-order valence-electron chi connectivity index (χ4n) is 4.00. The van der Waals surface area contributed by atoms with Gasteiger partial charge in [0.2, 0.25) is 5.78 Å². The van der Waals surface area contributed by atoms with Crippen LogP contribution in [0.4, 0.5) is 33.7 Å².